The van der Waals surface area contributed by atoms with Crippen molar-refractivity contribution in [2.24, 2.45) is 4.99 Å². The number of benzene rings is 2. The second-order valence-electron chi connectivity index (χ2n) is 5.61. The lowest BCUT2D eigenvalue weighted by molar-refractivity contribution is 0.0514. The van der Waals surface area contributed by atoms with Crippen molar-refractivity contribution < 1.29 is 9.47 Å². The van der Waals surface area contributed by atoms with Gasteiger partial charge in [0.15, 0.2) is 6.79 Å². The monoisotopic (exact) mass is 329 g/mol. The van der Waals surface area contributed by atoms with E-state index in [2.05, 4.69) is 56.1 Å². The fourth-order valence-corrected chi connectivity index (χ4v) is 3.96. The molecule has 0 aromatic heterocycles. The number of aliphatic imine (C=N–C) groups is 1. The van der Waals surface area contributed by atoms with Crippen molar-refractivity contribution >= 4 is 25.4 Å². The third-order valence-electron chi connectivity index (χ3n) is 3.48. The summed E-state index contributed by atoms with van der Waals surface area (Å²) < 4.78 is 10.9. The van der Waals surface area contributed by atoms with Crippen LogP contribution in [0.4, 0.5) is 0 Å². The Morgan fingerprint density at radius 1 is 1.04 bits per heavy atom. The molecule has 0 heterocycles. The van der Waals surface area contributed by atoms with Crippen LogP contribution in [0.1, 0.15) is 22.3 Å². The van der Waals surface area contributed by atoms with E-state index in [1.165, 1.54) is 27.3 Å². The summed E-state index contributed by atoms with van der Waals surface area (Å²) in [6.07, 6.45) is 1.92. The Bertz CT molecular complexity index is 711. The van der Waals surface area contributed by atoms with E-state index in [0.29, 0.717) is 8.58 Å². The van der Waals surface area contributed by atoms with Crippen molar-refractivity contribution in [1.82, 2.24) is 0 Å². The number of aryl methyl sites for hydroxylation is 3. The molecule has 0 fully saturated rings. The average Bonchev–Trinajstić information content (AvgIpc) is 2.49. The number of rotatable bonds is 6. The van der Waals surface area contributed by atoms with Gasteiger partial charge in [0, 0.05) is 31.2 Å². The molecule has 4 heteroatoms. The Labute approximate surface area is 140 Å². The molecule has 0 N–H and O–H groups in total. The summed E-state index contributed by atoms with van der Waals surface area (Å²) in [6, 6.07) is 10.8. The first-order valence-corrected chi connectivity index (χ1v) is 8.58. The molecule has 2 aromatic carbocycles. The fraction of sp³-hybridized carbons (Fsp3) is 0.316. The average molecular weight is 329 g/mol. The van der Waals surface area contributed by atoms with Crippen molar-refractivity contribution in [3.63, 3.8) is 0 Å². The van der Waals surface area contributed by atoms with E-state index in [-0.39, 0.29) is 6.79 Å². The first-order chi connectivity index (χ1) is 11.0. The zero-order chi connectivity index (χ0) is 16.8. The molecule has 0 aliphatic carbocycles. The van der Waals surface area contributed by atoms with Crippen molar-refractivity contribution in [2.75, 3.05) is 21.0 Å². The predicted octanol–water partition coefficient (Wildman–Crippen LogP) is 3.27. The first-order valence-electron chi connectivity index (χ1n) is 7.58. The molecule has 0 bridgehead atoms. The highest BCUT2D eigenvalue weighted by Gasteiger charge is 2.11. The maximum Gasteiger partial charge on any atom is 0.188 e. The van der Waals surface area contributed by atoms with Crippen molar-refractivity contribution in [3.05, 3.63) is 52.6 Å². The van der Waals surface area contributed by atoms with Crippen LogP contribution in [0, 0.1) is 20.8 Å². The van der Waals surface area contributed by atoms with Gasteiger partial charge in [-0.1, -0.05) is 32.3 Å². The first kappa shape index (κ1) is 17.7. The third kappa shape index (κ3) is 4.63. The third-order valence-corrected chi connectivity index (χ3v) is 4.85. The second-order valence-corrected chi connectivity index (χ2v) is 6.94. The van der Waals surface area contributed by atoms with Gasteiger partial charge in [0.1, 0.15) is 5.75 Å². The van der Waals surface area contributed by atoms with Crippen molar-refractivity contribution in [1.29, 1.82) is 0 Å². The van der Waals surface area contributed by atoms with Crippen LogP contribution in [-0.2, 0) is 4.74 Å². The van der Waals surface area contributed by atoms with Gasteiger partial charge in [0.2, 0.25) is 0 Å². The molecule has 0 amide bonds. The summed E-state index contributed by atoms with van der Waals surface area (Å²) in [5.41, 5.74) is 4.79. The fourth-order valence-electron chi connectivity index (χ4n) is 2.54. The zero-order valence-corrected chi connectivity index (χ0v) is 15.4. The van der Waals surface area contributed by atoms with Crippen LogP contribution in [0.3, 0.4) is 0 Å². The summed E-state index contributed by atoms with van der Waals surface area (Å²) >= 11 is 0. The topological polar surface area (TPSA) is 30.8 Å². The maximum atomic E-state index is 5.82. The van der Waals surface area contributed by atoms with Gasteiger partial charge in [-0.25, -0.2) is 0 Å². The van der Waals surface area contributed by atoms with E-state index in [1.54, 1.807) is 14.2 Å². The molecule has 3 nitrogen and oxygen atoms in total. The van der Waals surface area contributed by atoms with Gasteiger partial charge < -0.3 is 9.47 Å². The Kier molecular flexibility index (Phi) is 6.32. The van der Waals surface area contributed by atoms with Crippen molar-refractivity contribution in [3.8, 4) is 5.75 Å². The van der Waals surface area contributed by atoms with Gasteiger partial charge in [-0.3, -0.25) is 4.99 Å². The molecular formula is C19H24NO2P. The smallest absolute Gasteiger partial charge is 0.188 e. The van der Waals surface area contributed by atoms with Crippen LogP contribution in [0.15, 0.2) is 35.3 Å². The molecule has 122 valence electrons. The second kappa shape index (κ2) is 8.24. The summed E-state index contributed by atoms with van der Waals surface area (Å²) in [7, 11) is 3.96. The summed E-state index contributed by atoms with van der Waals surface area (Å²) in [5.74, 6) is 0.927. The highest BCUT2D eigenvalue weighted by molar-refractivity contribution is 7.56. The van der Waals surface area contributed by atoms with Gasteiger partial charge in [0.25, 0.3) is 0 Å². The van der Waals surface area contributed by atoms with Gasteiger partial charge >= 0.3 is 0 Å². The summed E-state index contributed by atoms with van der Waals surface area (Å²) in [4.78, 5) is 4.18. The number of hydrogen-bond acceptors (Lipinski definition) is 3. The molecule has 0 saturated heterocycles. The molecule has 0 aliphatic rings. The lowest BCUT2D eigenvalue weighted by Gasteiger charge is -2.16. The minimum atomic E-state index is 0.262. The molecule has 23 heavy (non-hydrogen) atoms. The number of hydrogen-bond donors (Lipinski definition) is 0. The lowest BCUT2D eigenvalue weighted by Crippen LogP contribution is -2.14. The molecule has 0 saturated carbocycles. The van der Waals surface area contributed by atoms with Crippen LogP contribution in [0.5, 0.6) is 5.75 Å². The minimum absolute atomic E-state index is 0.262. The van der Waals surface area contributed by atoms with E-state index in [0.717, 1.165) is 11.3 Å². The highest BCUT2D eigenvalue weighted by Crippen LogP contribution is 2.26. The Morgan fingerprint density at radius 2 is 1.83 bits per heavy atom. The number of ether oxygens (including phenoxy) is 2. The Hall–Kier alpha value is -1.70. The highest BCUT2D eigenvalue weighted by atomic mass is 31.1. The largest absolute Gasteiger partial charge is 0.467 e. The molecule has 2 rings (SSSR count). The van der Waals surface area contributed by atoms with Gasteiger partial charge in [0.05, 0.1) is 0 Å². The van der Waals surface area contributed by atoms with Crippen LogP contribution in [0.25, 0.3) is 0 Å². The lowest BCUT2D eigenvalue weighted by atomic mass is 10.1. The Balaban J connectivity index is 2.43. The van der Waals surface area contributed by atoms with E-state index in [1.807, 2.05) is 6.21 Å². The van der Waals surface area contributed by atoms with E-state index in [4.69, 9.17) is 9.47 Å². The van der Waals surface area contributed by atoms with Gasteiger partial charge in [-0.2, -0.15) is 0 Å². The van der Waals surface area contributed by atoms with Crippen LogP contribution in [0.2, 0.25) is 0 Å². The van der Waals surface area contributed by atoms with Gasteiger partial charge in [-0.05, 0) is 49.3 Å². The quantitative estimate of drug-likeness (QED) is 0.463. The molecule has 1 atom stereocenters. The zero-order valence-electron chi connectivity index (χ0n) is 14.4. The summed E-state index contributed by atoms with van der Waals surface area (Å²) in [5, 5.41) is 2.47. The molecule has 0 spiro atoms. The minimum Gasteiger partial charge on any atom is -0.467 e. The maximum absolute atomic E-state index is 5.82. The molecule has 0 aliphatic heterocycles. The van der Waals surface area contributed by atoms with Crippen LogP contribution in [-0.4, -0.2) is 27.2 Å². The SMILES string of the molecule is C/N=C/c1cc(C)ccc1Pc1cc(C)cc(C)c1OCOC. The van der Waals surface area contributed by atoms with Crippen molar-refractivity contribution in [2.45, 2.75) is 20.8 Å². The molecule has 2 aromatic rings. The Morgan fingerprint density at radius 3 is 2.52 bits per heavy atom. The van der Waals surface area contributed by atoms with Gasteiger partial charge in [-0.15, -0.1) is 0 Å². The van der Waals surface area contributed by atoms with Crippen LogP contribution < -0.4 is 15.3 Å². The van der Waals surface area contributed by atoms with E-state index >= 15 is 0 Å². The normalized spacial score (nSPS) is 11.7. The van der Waals surface area contributed by atoms with E-state index < -0.39 is 0 Å². The standard InChI is InChI=1S/C19H24NO2P/c1-13-6-7-17(16(9-13)11-20-4)23-18-10-14(2)8-15(3)19(18)22-12-21-5/h6-11,23H,12H2,1-5H3/b20-11+. The number of methoxy groups -OCH3 is 1. The van der Waals surface area contributed by atoms with E-state index in [9.17, 15) is 0 Å². The molecule has 1 unspecified atom stereocenters. The number of nitrogens with zero attached hydrogens (tertiary/aromatic N) is 1. The molecular weight excluding hydrogens is 305 g/mol. The molecule has 0 radical (unpaired) electrons. The van der Waals surface area contributed by atoms with Crippen LogP contribution >= 0.6 is 8.58 Å². The summed E-state index contributed by atoms with van der Waals surface area (Å²) in [6.45, 7) is 6.56. The predicted molar refractivity (Wildman–Crippen MR) is 101 cm³/mol.